The lowest BCUT2D eigenvalue weighted by Gasteiger charge is -2.24. The molecule has 3 aromatic rings. The van der Waals surface area contributed by atoms with E-state index in [2.05, 4.69) is 10.3 Å². The van der Waals surface area contributed by atoms with Gasteiger partial charge in [-0.25, -0.2) is 4.98 Å². The fourth-order valence-corrected chi connectivity index (χ4v) is 3.71. The highest BCUT2D eigenvalue weighted by Gasteiger charge is 2.20. The zero-order chi connectivity index (χ0) is 20.3. The van der Waals surface area contributed by atoms with Gasteiger partial charge >= 0.3 is 0 Å². The third-order valence-electron chi connectivity index (χ3n) is 4.53. The van der Waals surface area contributed by atoms with E-state index in [1.807, 2.05) is 32.9 Å². The van der Waals surface area contributed by atoms with Crippen molar-refractivity contribution >= 4 is 40.2 Å². The minimum Gasteiger partial charge on any atom is -0.351 e. The molecule has 1 amide bonds. The summed E-state index contributed by atoms with van der Waals surface area (Å²) in [4.78, 5) is 30.2. The van der Waals surface area contributed by atoms with Gasteiger partial charge in [0.05, 0.1) is 27.4 Å². The first-order chi connectivity index (χ1) is 13.3. The maximum Gasteiger partial charge on any atom is 0.266 e. The largest absolute Gasteiger partial charge is 0.351 e. The molecule has 7 heteroatoms. The van der Waals surface area contributed by atoms with Gasteiger partial charge in [-0.3, -0.25) is 14.2 Å². The molecule has 0 atom stereocenters. The molecule has 0 unspecified atom stereocenters. The Hall–Kier alpha value is -2.31. The first kappa shape index (κ1) is 20.4. The van der Waals surface area contributed by atoms with Gasteiger partial charge in [0.1, 0.15) is 0 Å². The molecule has 2 aromatic carbocycles. The van der Waals surface area contributed by atoms with E-state index in [0.29, 0.717) is 26.8 Å². The zero-order valence-corrected chi connectivity index (χ0v) is 17.6. The Morgan fingerprint density at radius 2 is 1.86 bits per heavy atom. The predicted octanol–water partition coefficient (Wildman–Crippen LogP) is 4.44. The normalized spacial score (nSPS) is 11.6. The average Bonchev–Trinajstić information content (AvgIpc) is 2.67. The third kappa shape index (κ3) is 4.39. The molecule has 0 fully saturated rings. The number of benzene rings is 2. The van der Waals surface area contributed by atoms with E-state index in [4.69, 9.17) is 11.6 Å². The van der Waals surface area contributed by atoms with E-state index in [1.54, 1.807) is 36.4 Å². The number of nitrogens with zero attached hydrogens (tertiary/aromatic N) is 2. The monoisotopic (exact) mass is 415 g/mol. The number of fused-ring (bicyclic) bond motifs is 1. The van der Waals surface area contributed by atoms with E-state index in [1.165, 1.54) is 16.3 Å². The van der Waals surface area contributed by atoms with Gasteiger partial charge in [-0.15, -0.1) is 0 Å². The van der Waals surface area contributed by atoms with Crippen LogP contribution in [0.4, 0.5) is 0 Å². The second-order valence-corrected chi connectivity index (χ2v) is 8.43. The molecular weight excluding hydrogens is 394 g/mol. The molecule has 0 saturated carbocycles. The number of thioether (sulfide) groups is 1. The highest BCUT2D eigenvalue weighted by Crippen LogP contribution is 2.25. The highest BCUT2D eigenvalue weighted by atomic mass is 35.5. The zero-order valence-electron chi connectivity index (χ0n) is 16.0. The number of hydrogen-bond acceptors (Lipinski definition) is 4. The number of amides is 1. The Morgan fingerprint density at radius 1 is 1.18 bits per heavy atom. The van der Waals surface area contributed by atoms with Crippen LogP contribution in [0.2, 0.25) is 5.02 Å². The van der Waals surface area contributed by atoms with E-state index < -0.39 is 0 Å². The van der Waals surface area contributed by atoms with Crippen LogP contribution in [0, 0.1) is 0 Å². The molecule has 3 rings (SSSR count). The lowest BCUT2D eigenvalue weighted by Crippen LogP contribution is -2.43. The molecule has 1 N–H and O–H groups in total. The van der Waals surface area contributed by atoms with Gasteiger partial charge in [0.15, 0.2) is 5.16 Å². The number of carbonyl (C=O) groups is 1. The fraction of sp³-hybridized carbons (Fsp3) is 0.286. The summed E-state index contributed by atoms with van der Waals surface area (Å²) in [5, 5.41) is 4.38. The number of halogens is 1. The molecule has 0 aliphatic heterocycles. The number of hydrogen-bond donors (Lipinski definition) is 1. The fourth-order valence-electron chi connectivity index (χ4n) is 2.69. The lowest BCUT2D eigenvalue weighted by molar-refractivity contribution is -0.120. The van der Waals surface area contributed by atoms with Crippen molar-refractivity contribution < 1.29 is 4.79 Å². The SMILES string of the molecule is CCC(C)(C)NC(=O)CSc1nc2ccccc2c(=O)n1-c1ccccc1Cl. The minimum absolute atomic E-state index is 0.107. The van der Waals surface area contributed by atoms with Crippen LogP contribution in [0.1, 0.15) is 27.2 Å². The summed E-state index contributed by atoms with van der Waals surface area (Å²) in [6.07, 6.45) is 0.821. The molecule has 0 bridgehead atoms. The number of rotatable bonds is 6. The summed E-state index contributed by atoms with van der Waals surface area (Å²) in [7, 11) is 0. The Kier molecular flexibility index (Phi) is 6.10. The number of para-hydroxylation sites is 2. The lowest BCUT2D eigenvalue weighted by atomic mass is 10.0. The Labute approximate surface area is 173 Å². The number of carbonyl (C=O) groups excluding carboxylic acids is 1. The first-order valence-corrected chi connectivity index (χ1v) is 10.4. The van der Waals surface area contributed by atoms with Gasteiger partial charge in [0.25, 0.3) is 5.56 Å². The van der Waals surface area contributed by atoms with Crippen molar-refractivity contribution in [3.63, 3.8) is 0 Å². The Bertz CT molecular complexity index is 1080. The van der Waals surface area contributed by atoms with E-state index in [-0.39, 0.29) is 22.8 Å². The second-order valence-electron chi connectivity index (χ2n) is 7.08. The van der Waals surface area contributed by atoms with Crippen molar-refractivity contribution in [1.29, 1.82) is 0 Å². The second kappa shape index (κ2) is 8.37. The molecule has 0 aliphatic carbocycles. The van der Waals surface area contributed by atoms with Crippen LogP contribution in [-0.4, -0.2) is 26.8 Å². The number of aromatic nitrogens is 2. The molecule has 5 nitrogen and oxygen atoms in total. The van der Waals surface area contributed by atoms with Crippen LogP contribution in [0.15, 0.2) is 58.5 Å². The minimum atomic E-state index is -0.281. The summed E-state index contributed by atoms with van der Waals surface area (Å²) in [6, 6.07) is 14.3. The Balaban J connectivity index is 2.04. The van der Waals surface area contributed by atoms with Crippen molar-refractivity contribution in [3.05, 3.63) is 63.9 Å². The highest BCUT2D eigenvalue weighted by molar-refractivity contribution is 7.99. The Morgan fingerprint density at radius 3 is 2.57 bits per heavy atom. The van der Waals surface area contributed by atoms with Crippen molar-refractivity contribution in [2.24, 2.45) is 0 Å². The van der Waals surface area contributed by atoms with Gasteiger partial charge in [-0.2, -0.15) is 0 Å². The molecule has 0 spiro atoms. The van der Waals surface area contributed by atoms with Gasteiger partial charge in [-0.05, 0) is 44.5 Å². The maximum atomic E-state index is 13.2. The van der Waals surface area contributed by atoms with Crippen LogP contribution in [-0.2, 0) is 4.79 Å². The third-order valence-corrected chi connectivity index (χ3v) is 5.79. The van der Waals surface area contributed by atoms with E-state index in [0.717, 1.165) is 6.42 Å². The summed E-state index contributed by atoms with van der Waals surface area (Å²) in [5.41, 5.74) is 0.643. The van der Waals surface area contributed by atoms with Crippen LogP contribution in [0.25, 0.3) is 16.6 Å². The van der Waals surface area contributed by atoms with Crippen molar-refractivity contribution in [1.82, 2.24) is 14.9 Å². The maximum absolute atomic E-state index is 13.2. The van der Waals surface area contributed by atoms with E-state index >= 15 is 0 Å². The average molecular weight is 416 g/mol. The van der Waals surface area contributed by atoms with Crippen LogP contribution in [0.3, 0.4) is 0 Å². The quantitative estimate of drug-likeness (QED) is 0.477. The van der Waals surface area contributed by atoms with Gasteiger partial charge in [-0.1, -0.05) is 54.6 Å². The van der Waals surface area contributed by atoms with Crippen LogP contribution < -0.4 is 10.9 Å². The number of nitrogens with one attached hydrogen (secondary N) is 1. The molecular formula is C21H22ClN3O2S. The van der Waals surface area contributed by atoms with Gasteiger partial charge < -0.3 is 5.32 Å². The molecule has 0 radical (unpaired) electrons. The predicted molar refractivity (Wildman–Crippen MR) is 116 cm³/mol. The first-order valence-electron chi connectivity index (χ1n) is 9.03. The van der Waals surface area contributed by atoms with Gasteiger partial charge in [0, 0.05) is 5.54 Å². The topological polar surface area (TPSA) is 64.0 Å². The summed E-state index contributed by atoms with van der Waals surface area (Å²) < 4.78 is 1.48. The molecule has 146 valence electrons. The van der Waals surface area contributed by atoms with Gasteiger partial charge in [0.2, 0.25) is 5.91 Å². The van der Waals surface area contributed by atoms with Crippen LogP contribution in [0.5, 0.6) is 0 Å². The van der Waals surface area contributed by atoms with Crippen LogP contribution >= 0.6 is 23.4 Å². The molecule has 1 aromatic heterocycles. The standard InChI is InChI=1S/C21H22ClN3O2S/c1-4-21(2,3)24-18(26)13-28-20-23-16-11-7-5-9-14(16)19(27)25(20)17-12-8-6-10-15(17)22/h5-12H,4,13H2,1-3H3,(H,24,26). The van der Waals surface area contributed by atoms with Crippen molar-refractivity contribution in [2.45, 2.75) is 37.9 Å². The van der Waals surface area contributed by atoms with Crippen molar-refractivity contribution in [3.8, 4) is 5.69 Å². The summed E-state index contributed by atoms with van der Waals surface area (Å²) in [5.74, 6) is 0.0449. The van der Waals surface area contributed by atoms with E-state index in [9.17, 15) is 9.59 Å². The molecule has 0 aliphatic rings. The molecule has 0 saturated heterocycles. The summed E-state index contributed by atoms with van der Waals surface area (Å²) >= 11 is 7.57. The van der Waals surface area contributed by atoms with Crippen molar-refractivity contribution in [2.75, 3.05) is 5.75 Å². The molecule has 28 heavy (non-hydrogen) atoms. The smallest absolute Gasteiger partial charge is 0.266 e. The summed E-state index contributed by atoms with van der Waals surface area (Å²) in [6.45, 7) is 5.97. The molecule has 1 heterocycles.